The van der Waals surface area contributed by atoms with Gasteiger partial charge < -0.3 is 32.9 Å². The van der Waals surface area contributed by atoms with Crippen molar-refractivity contribution in [2.45, 2.75) is 64.5 Å². The molecule has 0 radical (unpaired) electrons. The summed E-state index contributed by atoms with van der Waals surface area (Å²) in [6.45, 7) is 9.55. The number of rotatable bonds is 7. The number of nitrogens with zero attached hydrogens (tertiary/aromatic N) is 2. The third-order valence-corrected chi connectivity index (χ3v) is 5.46. The van der Waals surface area contributed by atoms with Crippen molar-refractivity contribution >= 4 is 0 Å². The highest BCUT2D eigenvalue weighted by molar-refractivity contribution is 4.72. The van der Waals surface area contributed by atoms with Crippen LogP contribution in [0.2, 0.25) is 0 Å². The normalized spacial score (nSPS) is 14.2. The Morgan fingerprint density at radius 1 is 0.579 bits per heavy atom. The zero-order chi connectivity index (χ0) is 14.8. The van der Waals surface area contributed by atoms with Gasteiger partial charge in [0.05, 0.1) is 53.4 Å². The lowest BCUT2D eigenvalue weighted by molar-refractivity contribution is -0.921. The van der Waals surface area contributed by atoms with Crippen LogP contribution in [0.15, 0.2) is 0 Å². The summed E-state index contributed by atoms with van der Waals surface area (Å²) >= 11 is 0. The van der Waals surface area contributed by atoms with E-state index in [0.29, 0.717) is 11.1 Å². The van der Waals surface area contributed by atoms with Gasteiger partial charge in [0.25, 0.3) is 0 Å². The highest BCUT2D eigenvalue weighted by atomic mass is 127. The number of halogens is 1. The Labute approximate surface area is 139 Å². The van der Waals surface area contributed by atoms with Crippen molar-refractivity contribution in [3.05, 3.63) is 0 Å². The molecule has 0 atom stereocenters. The van der Waals surface area contributed by atoms with Crippen LogP contribution in [-0.4, -0.2) is 62.3 Å². The van der Waals surface area contributed by atoms with E-state index in [1.165, 1.54) is 25.7 Å². The van der Waals surface area contributed by atoms with E-state index in [2.05, 4.69) is 70.0 Å². The first-order valence-electron chi connectivity index (χ1n) is 7.34. The molecule has 0 unspecified atom stereocenters. The summed E-state index contributed by atoms with van der Waals surface area (Å²) in [4.78, 5) is 0. The van der Waals surface area contributed by atoms with Gasteiger partial charge in [0, 0.05) is 12.8 Å². The maximum atomic E-state index is 2.39. The monoisotopic (exact) mass is 385 g/mol. The Balaban J connectivity index is 0. The van der Waals surface area contributed by atoms with E-state index >= 15 is 0 Å². The van der Waals surface area contributed by atoms with Crippen LogP contribution in [0.3, 0.4) is 0 Å². The van der Waals surface area contributed by atoms with Gasteiger partial charge >= 0.3 is 0 Å². The van der Waals surface area contributed by atoms with Crippen molar-refractivity contribution in [2.75, 3.05) is 42.3 Å². The fourth-order valence-electron chi connectivity index (χ4n) is 1.79. The second kappa shape index (κ2) is 7.08. The maximum Gasteiger partial charge on any atom is 0.0929 e. The van der Waals surface area contributed by atoms with Crippen molar-refractivity contribution in [1.29, 1.82) is 0 Å². The first kappa shape index (κ1) is 21.9. The molecular formula is C16H38IN2+. The van der Waals surface area contributed by atoms with E-state index in [-0.39, 0.29) is 24.0 Å². The van der Waals surface area contributed by atoms with Crippen LogP contribution in [0.5, 0.6) is 0 Å². The third-order valence-electron chi connectivity index (χ3n) is 5.46. The third kappa shape index (κ3) is 6.76. The topological polar surface area (TPSA) is 0 Å². The fraction of sp³-hybridized carbons (Fsp3) is 1.00. The van der Waals surface area contributed by atoms with Crippen LogP contribution >= 0.6 is 0 Å². The Bertz CT molecular complexity index is 229. The van der Waals surface area contributed by atoms with Gasteiger partial charge in [-0.2, -0.15) is 0 Å². The molecule has 2 nitrogen and oxygen atoms in total. The van der Waals surface area contributed by atoms with Crippen LogP contribution in [0.1, 0.15) is 53.4 Å². The zero-order valence-corrected chi connectivity index (χ0v) is 17.3. The second-order valence-corrected chi connectivity index (χ2v) is 8.86. The Morgan fingerprint density at radius 2 is 0.789 bits per heavy atom. The van der Waals surface area contributed by atoms with Crippen molar-refractivity contribution < 1.29 is 32.9 Å². The molecule has 0 amide bonds. The summed E-state index contributed by atoms with van der Waals surface area (Å²) in [7, 11) is 13.8. The molecule has 0 N–H and O–H groups in total. The minimum Gasteiger partial charge on any atom is -1.00 e. The highest BCUT2D eigenvalue weighted by Crippen LogP contribution is 2.28. The molecule has 0 aromatic carbocycles. The highest BCUT2D eigenvalue weighted by Gasteiger charge is 2.34. The average molecular weight is 385 g/mol. The fourth-order valence-corrected chi connectivity index (χ4v) is 1.79. The predicted molar refractivity (Wildman–Crippen MR) is 82.7 cm³/mol. The first-order valence-corrected chi connectivity index (χ1v) is 7.34. The van der Waals surface area contributed by atoms with Crippen molar-refractivity contribution in [1.82, 2.24) is 0 Å². The molecule has 0 fully saturated rings. The number of quaternary nitrogens is 2. The molecule has 0 rings (SSSR count). The smallest absolute Gasteiger partial charge is 0.0929 e. The van der Waals surface area contributed by atoms with Crippen molar-refractivity contribution in [2.24, 2.45) is 0 Å². The molecule has 0 spiro atoms. The van der Waals surface area contributed by atoms with Gasteiger partial charge in [-0.1, -0.05) is 0 Å². The van der Waals surface area contributed by atoms with Crippen LogP contribution < -0.4 is 24.0 Å². The van der Waals surface area contributed by atoms with E-state index in [1.54, 1.807) is 0 Å². The van der Waals surface area contributed by atoms with E-state index in [4.69, 9.17) is 0 Å². The molecule has 118 valence electrons. The minimum absolute atomic E-state index is 0. The second-order valence-electron chi connectivity index (χ2n) is 8.86. The van der Waals surface area contributed by atoms with E-state index in [9.17, 15) is 0 Å². The molecule has 0 aliphatic heterocycles. The molecule has 0 aromatic rings. The van der Waals surface area contributed by atoms with Crippen LogP contribution in [0, 0.1) is 0 Å². The largest absolute Gasteiger partial charge is 1.00 e. The number of unbranched alkanes of at least 4 members (excludes halogenated alkanes) is 1. The molecule has 0 saturated heterocycles. The number of hydrogen-bond acceptors (Lipinski definition) is 0. The molecule has 0 heterocycles. The summed E-state index contributed by atoms with van der Waals surface area (Å²) in [6.07, 6.45) is 5.30. The van der Waals surface area contributed by atoms with Crippen LogP contribution in [-0.2, 0) is 0 Å². The van der Waals surface area contributed by atoms with Crippen molar-refractivity contribution in [3.63, 3.8) is 0 Å². The molecular weight excluding hydrogens is 347 g/mol. The SMILES string of the molecule is CC(C)(CCCCC(C)(C)[N+](C)(C)C)[N+](C)(C)C.[I-]. The van der Waals surface area contributed by atoms with Gasteiger partial charge in [-0.25, -0.2) is 0 Å². The molecule has 3 heteroatoms. The van der Waals surface area contributed by atoms with Gasteiger partial charge in [0.15, 0.2) is 0 Å². The molecule has 0 aliphatic carbocycles. The Hall–Kier alpha value is 0.650. The first-order chi connectivity index (χ1) is 7.71. The van der Waals surface area contributed by atoms with E-state index in [1.807, 2.05) is 0 Å². The van der Waals surface area contributed by atoms with Gasteiger partial charge in [0.2, 0.25) is 0 Å². The summed E-state index contributed by atoms with van der Waals surface area (Å²) < 4.78 is 2.09. The predicted octanol–water partition coefficient (Wildman–Crippen LogP) is 0.520. The standard InChI is InChI=1S/C16H38N2.HI/c1-15(2,17(5,6)7)13-11-12-14-16(3,4)18(8,9)10;/h11-14H2,1-10H3;1H/q+2;/p-1. The maximum absolute atomic E-state index is 2.39. The lowest BCUT2D eigenvalue weighted by Crippen LogP contribution is -3.00. The molecule has 0 bridgehead atoms. The zero-order valence-electron chi connectivity index (χ0n) is 15.1. The molecule has 0 aliphatic rings. The summed E-state index contributed by atoms with van der Waals surface area (Å²) in [5.74, 6) is 0. The Kier molecular flexibility index (Phi) is 8.17. The summed E-state index contributed by atoms with van der Waals surface area (Å²) in [5, 5.41) is 0. The van der Waals surface area contributed by atoms with Gasteiger partial charge in [-0.15, -0.1) is 0 Å². The molecule has 0 aromatic heterocycles. The lowest BCUT2D eigenvalue weighted by Gasteiger charge is -2.43. The summed E-state index contributed by atoms with van der Waals surface area (Å²) in [5.41, 5.74) is 0.751. The molecule has 0 saturated carbocycles. The van der Waals surface area contributed by atoms with Crippen LogP contribution in [0.4, 0.5) is 0 Å². The van der Waals surface area contributed by atoms with Gasteiger partial charge in [-0.05, 0) is 40.5 Å². The number of hydrogen-bond donors (Lipinski definition) is 0. The lowest BCUT2D eigenvalue weighted by atomic mass is 9.89. The van der Waals surface area contributed by atoms with E-state index < -0.39 is 0 Å². The van der Waals surface area contributed by atoms with Gasteiger partial charge in [0.1, 0.15) is 0 Å². The average Bonchev–Trinajstić information content (AvgIpc) is 2.08. The summed E-state index contributed by atoms with van der Waals surface area (Å²) in [6, 6.07) is 0. The van der Waals surface area contributed by atoms with Crippen LogP contribution in [0.25, 0.3) is 0 Å². The Morgan fingerprint density at radius 3 is 0.947 bits per heavy atom. The quantitative estimate of drug-likeness (QED) is 0.341. The van der Waals surface area contributed by atoms with E-state index in [0.717, 1.165) is 8.97 Å². The van der Waals surface area contributed by atoms with Crippen molar-refractivity contribution in [3.8, 4) is 0 Å². The molecule has 19 heavy (non-hydrogen) atoms. The minimum atomic E-state index is 0. The van der Waals surface area contributed by atoms with Gasteiger partial charge in [-0.3, -0.25) is 0 Å².